The fraction of sp³-hybridized carbons (Fsp3) is 0.426. The quantitative estimate of drug-likeness (QED) is 0.114. The van der Waals surface area contributed by atoms with E-state index in [-0.39, 0.29) is 71.3 Å². The van der Waals surface area contributed by atoms with Gasteiger partial charge in [0.1, 0.15) is 30.3 Å². The summed E-state index contributed by atoms with van der Waals surface area (Å²) in [5.41, 5.74) is -0.922. The maximum Gasteiger partial charge on any atom is 0.417 e. The van der Waals surface area contributed by atoms with E-state index in [0.717, 1.165) is 16.7 Å². The number of ketones is 2. The number of carbonyl (C=O) groups is 2. The van der Waals surface area contributed by atoms with Gasteiger partial charge >= 0.3 is 6.18 Å². The molecule has 4 aromatic carbocycles. The van der Waals surface area contributed by atoms with Crippen molar-refractivity contribution in [1.82, 2.24) is 15.0 Å². The number of likely N-dealkylation sites (tertiary alicyclic amines) is 1. The van der Waals surface area contributed by atoms with Crippen LogP contribution in [0.3, 0.4) is 0 Å². The topological polar surface area (TPSA) is 115 Å². The molecule has 9 rings (SSSR count). The molecule has 1 saturated heterocycles. The predicted molar refractivity (Wildman–Crippen MR) is 254 cm³/mol. The molecule has 1 unspecified atom stereocenters. The largest absolute Gasteiger partial charge is 0.508 e. The molecule has 0 amide bonds. The SMILES string of the molecule is CCN(C)[C@@H]1c2onc(OCc3ccccc3)c2C(=O)[C@@]2(O[Si](C)(C)C(C)(C)C)C(O)=C3C(=O)c4c(OCc5ccccc5)cc(C5CCCN5Cc5ccccc5)c(C(F)(F)F)c4C[C@H]3C[C@@H]12. The number of hydrogen-bond donors (Lipinski definition) is 1. The van der Waals surface area contributed by atoms with E-state index in [0.29, 0.717) is 32.5 Å². The normalized spacial score (nSPS) is 23.0. The van der Waals surface area contributed by atoms with Crippen molar-refractivity contribution in [3.05, 3.63) is 159 Å². The Morgan fingerprint density at radius 2 is 1.50 bits per heavy atom. The number of carbonyl (C=O) groups excluding carboxylic acids is 2. The molecule has 358 valence electrons. The summed E-state index contributed by atoms with van der Waals surface area (Å²) in [6.07, 6.45) is -3.91. The monoisotopic (exact) mass is 947 g/mol. The van der Waals surface area contributed by atoms with E-state index in [1.165, 1.54) is 6.07 Å². The Balaban J connectivity index is 1.25. The molecule has 1 N–H and O–H groups in total. The van der Waals surface area contributed by atoms with Crippen molar-refractivity contribution in [3.63, 3.8) is 0 Å². The molecule has 10 nitrogen and oxygen atoms in total. The van der Waals surface area contributed by atoms with Crippen molar-refractivity contribution < 1.29 is 46.3 Å². The molecule has 2 heterocycles. The van der Waals surface area contributed by atoms with Crippen LogP contribution in [0.4, 0.5) is 13.2 Å². The van der Waals surface area contributed by atoms with Crippen LogP contribution < -0.4 is 9.47 Å². The first-order valence-corrected chi connectivity index (χ1v) is 26.6. The van der Waals surface area contributed by atoms with Gasteiger partial charge in [-0.15, -0.1) is 0 Å². The van der Waals surface area contributed by atoms with Crippen molar-refractivity contribution in [3.8, 4) is 11.6 Å². The summed E-state index contributed by atoms with van der Waals surface area (Å²) in [5, 5.41) is 17.1. The highest BCUT2D eigenvalue weighted by atomic mass is 28.4. The fourth-order valence-corrected chi connectivity index (χ4v) is 12.2. The molecule has 0 bridgehead atoms. The highest BCUT2D eigenvalue weighted by molar-refractivity contribution is 6.74. The van der Waals surface area contributed by atoms with Crippen LogP contribution in [0.1, 0.15) is 119 Å². The van der Waals surface area contributed by atoms with Gasteiger partial charge in [-0.3, -0.25) is 19.4 Å². The van der Waals surface area contributed by atoms with Gasteiger partial charge in [-0.05, 0) is 109 Å². The average Bonchev–Trinajstić information content (AvgIpc) is 3.95. The van der Waals surface area contributed by atoms with Crippen LogP contribution in [0.2, 0.25) is 18.1 Å². The zero-order chi connectivity index (χ0) is 48.3. The Hall–Kier alpha value is -5.54. The Morgan fingerprint density at radius 1 is 0.897 bits per heavy atom. The number of aliphatic hydroxyl groups excluding tert-OH is 1. The molecule has 1 fully saturated rings. The highest BCUT2D eigenvalue weighted by Crippen LogP contribution is 2.61. The van der Waals surface area contributed by atoms with Crippen LogP contribution in [0, 0.1) is 11.8 Å². The number of aliphatic hydroxyl groups is 1. The third-order valence-corrected chi connectivity index (χ3v) is 19.7. The van der Waals surface area contributed by atoms with Crippen LogP contribution in [0.25, 0.3) is 0 Å². The number of rotatable bonds is 13. The standard InChI is InChI=1S/C54H60F3N3O7Si/c1-8-59(5)46-39-28-36-27-38-43(41(64-31-34-21-14-10-15-22-34)29-37(45(38)54(55,56)57)40-25-18-26-60(40)30-33-19-12-9-13-20-33)47(61)42(36)49(62)53(39,67-68(6,7)52(2,3)4)50(63)44-48(46)66-58-51(44)65-32-35-23-16-11-17-24-35/h9-17,19-24,29,36,39-40,46,62H,8,18,25-28,30-32H2,1-7H3/t36-,39-,40?,46-,53-/m0/s1. The van der Waals surface area contributed by atoms with Crippen molar-refractivity contribution in [2.45, 2.75) is 115 Å². The van der Waals surface area contributed by atoms with Crippen LogP contribution in [0.15, 0.2) is 113 Å². The van der Waals surface area contributed by atoms with Crippen molar-refractivity contribution in [2.24, 2.45) is 11.8 Å². The van der Waals surface area contributed by atoms with Crippen molar-refractivity contribution in [2.75, 3.05) is 20.1 Å². The van der Waals surface area contributed by atoms with Crippen LogP contribution >= 0.6 is 0 Å². The second kappa shape index (κ2) is 18.1. The number of nitrogens with zero attached hydrogens (tertiary/aromatic N) is 3. The Morgan fingerprint density at radius 3 is 2.09 bits per heavy atom. The molecular formula is C54H60F3N3O7Si. The van der Waals surface area contributed by atoms with Gasteiger partial charge in [0.25, 0.3) is 5.88 Å². The van der Waals surface area contributed by atoms with E-state index in [9.17, 15) is 5.11 Å². The lowest BCUT2D eigenvalue weighted by Crippen LogP contribution is -2.65. The summed E-state index contributed by atoms with van der Waals surface area (Å²) in [5.74, 6) is -3.78. The van der Waals surface area contributed by atoms with E-state index in [1.54, 1.807) is 0 Å². The van der Waals surface area contributed by atoms with Crippen molar-refractivity contribution >= 4 is 19.9 Å². The van der Waals surface area contributed by atoms with E-state index >= 15 is 22.8 Å². The van der Waals surface area contributed by atoms with Gasteiger partial charge in [-0.1, -0.05) is 119 Å². The summed E-state index contributed by atoms with van der Waals surface area (Å²) < 4.78 is 74.6. The molecule has 68 heavy (non-hydrogen) atoms. The summed E-state index contributed by atoms with van der Waals surface area (Å²) in [4.78, 5) is 35.6. The number of aromatic nitrogens is 1. The lowest BCUT2D eigenvalue weighted by molar-refractivity contribution is -0.139. The predicted octanol–water partition coefficient (Wildman–Crippen LogP) is 12.0. The molecule has 0 radical (unpaired) electrons. The van der Waals surface area contributed by atoms with E-state index in [1.807, 2.05) is 144 Å². The first-order chi connectivity index (χ1) is 32.4. The molecule has 0 saturated carbocycles. The molecule has 1 aromatic heterocycles. The minimum atomic E-state index is -4.86. The van der Waals surface area contributed by atoms with Gasteiger partial charge in [0, 0.05) is 24.1 Å². The summed E-state index contributed by atoms with van der Waals surface area (Å²) in [6, 6.07) is 28.3. The minimum Gasteiger partial charge on any atom is -0.508 e. The number of allylic oxidation sites excluding steroid dienone is 1. The summed E-state index contributed by atoms with van der Waals surface area (Å²) >= 11 is 0. The number of alkyl halides is 3. The molecule has 5 atom stereocenters. The number of halogens is 3. The number of Topliss-reactive ketones (excluding diaryl/α,β-unsaturated/α-hetero) is 2. The molecule has 5 aromatic rings. The Kier molecular flexibility index (Phi) is 12.6. The van der Waals surface area contributed by atoms with Gasteiger partial charge in [0.15, 0.2) is 25.5 Å². The number of hydrogen-bond acceptors (Lipinski definition) is 10. The number of fused-ring (bicyclic) bond motifs is 4. The van der Waals surface area contributed by atoms with Gasteiger partial charge in [-0.2, -0.15) is 13.2 Å². The molecule has 14 heteroatoms. The first kappa shape index (κ1) is 47.5. The number of benzene rings is 4. The minimum absolute atomic E-state index is 0.000125. The maximum absolute atomic E-state index is 16.2. The van der Waals surface area contributed by atoms with Gasteiger partial charge < -0.3 is 23.5 Å². The third-order valence-electron chi connectivity index (χ3n) is 15.2. The lowest BCUT2D eigenvalue weighted by Gasteiger charge is -2.55. The zero-order valence-corrected chi connectivity index (χ0v) is 40.8. The molecule has 1 aliphatic heterocycles. The maximum atomic E-state index is 16.2. The molecule has 0 spiro atoms. The molecule has 3 aliphatic carbocycles. The van der Waals surface area contributed by atoms with Crippen LogP contribution in [-0.4, -0.2) is 65.7 Å². The highest BCUT2D eigenvalue weighted by Gasteiger charge is 2.67. The van der Waals surface area contributed by atoms with Crippen LogP contribution in [0.5, 0.6) is 11.6 Å². The number of ether oxygens (including phenoxy) is 2. The lowest BCUT2D eigenvalue weighted by atomic mass is 9.58. The second-order valence-electron chi connectivity index (χ2n) is 20.4. The average molecular weight is 948 g/mol. The van der Waals surface area contributed by atoms with E-state index < -0.39 is 71.9 Å². The molecule has 4 aliphatic rings. The van der Waals surface area contributed by atoms with Gasteiger partial charge in [0.2, 0.25) is 5.78 Å². The fourth-order valence-electron chi connectivity index (χ4n) is 10.8. The van der Waals surface area contributed by atoms with Gasteiger partial charge in [0.05, 0.1) is 17.2 Å². The Bertz CT molecular complexity index is 2720. The Labute approximate surface area is 397 Å². The summed E-state index contributed by atoms with van der Waals surface area (Å²) in [7, 11) is -1.21. The zero-order valence-electron chi connectivity index (χ0n) is 39.8. The second-order valence-corrected chi connectivity index (χ2v) is 25.1. The summed E-state index contributed by atoms with van der Waals surface area (Å²) in [6.45, 7) is 13.5. The van der Waals surface area contributed by atoms with E-state index in [4.69, 9.17) is 18.4 Å². The first-order valence-electron chi connectivity index (χ1n) is 23.7. The third kappa shape index (κ3) is 8.30. The van der Waals surface area contributed by atoms with Gasteiger partial charge in [-0.25, -0.2) is 0 Å². The smallest absolute Gasteiger partial charge is 0.417 e. The van der Waals surface area contributed by atoms with Crippen molar-refractivity contribution in [1.29, 1.82) is 0 Å². The van der Waals surface area contributed by atoms with Crippen LogP contribution in [-0.2, 0) is 36.8 Å². The van der Waals surface area contributed by atoms with E-state index in [2.05, 4.69) is 10.1 Å². The molecular weight excluding hydrogens is 888 g/mol.